The van der Waals surface area contributed by atoms with E-state index < -0.39 is 0 Å². The molecule has 0 bridgehead atoms. The van der Waals surface area contributed by atoms with E-state index in [2.05, 4.69) is 20.2 Å². The lowest BCUT2D eigenvalue weighted by Crippen LogP contribution is -2.45. The lowest BCUT2D eigenvalue weighted by Gasteiger charge is -2.32. The number of anilines is 1. The van der Waals surface area contributed by atoms with Gasteiger partial charge in [0, 0.05) is 44.2 Å². The van der Waals surface area contributed by atoms with E-state index >= 15 is 0 Å². The number of carbonyl (C=O) groups is 1. The summed E-state index contributed by atoms with van der Waals surface area (Å²) in [4.78, 5) is 23.8. The molecule has 24 heavy (non-hydrogen) atoms. The maximum atomic E-state index is 12.5. The highest BCUT2D eigenvalue weighted by molar-refractivity contribution is 5.79. The second-order valence-corrected chi connectivity index (χ2v) is 7.04. The van der Waals surface area contributed by atoms with Crippen molar-refractivity contribution < 1.29 is 9.53 Å². The van der Waals surface area contributed by atoms with Gasteiger partial charge in [-0.15, -0.1) is 0 Å². The van der Waals surface area contributed by atoms with Gasteiger partial charge in [-0.05, 0) is 51.5 Å². The maximum Gasteiger partial charge on any atom is 0.225 e. The van der Waals surface area contributed by atoms with Crippen LogP contribution in [0.2, 0.25) is 0 Å². The first-order valence-electron chi connectivity index (χ1n) is 9.04. The van der Waals surface area contributed by atoms with Gasteiger partial charge in [-0.25, -0.2) is 9.97 Å². The van der Waals surface area contributed by atoms with Gasteiger partial charge in [-0.1, -0.05) is 0 Å². The van der Waals surface area contributed by atoms with Crippen molar-refractivity contribution in [2.45, 2.75) is 39.5 Å². The molecule has 6 heteroatoms. The largest absolute Gasteiger partial charge is 0.381 e. The van der Waals surface area contributed by atoms with Crippen LogP contribution < -0.4 is 10.2 Å². The molecule has 132 valence electrons. The van der Waals surface area contributed by atoms with Gasteiger partial charge in [-0.3, -0.25) is 4.79 Å². The summed E-state index contributed by atoms with van der Waals surface area (Å²) in [6.45, 7) is 8.03. The van der Waals surface area contributed by atoms with Crippen molar-refractivity contribution >= 4 is 11.9 Å². The van der Waals surface area contributed by atoms with Crippen molar-refractivity contribution in [1.29, 1.82) is 0 Å². The fourth-order valence-corrected chi connectivity index (χ4v) is 3.56. The average Bonchev–Trinajstić information content (AvgIpc) is 2.60. The van der Waals surface area contributed by atoms with Crippen LogP contribution >= 0.6 is 0 Å². The number of aromatic nitrogens is 2. The second-order valence-electron chi connectivity index (χ2n) is 7.04. The van der Waals surface area contributed by atoms with Crippen molar-refractivity contribution in [2.75, 3.05) is 37.7 Å². The molecule has 2 saturated heterocycles. The number of nitrogens with one attached hydrogen (secondary N) is 1. The molecule has 1 amide bonds. The van der Waals surface area contributed by atoms with Gasteiger partial charge >= 0.3 is 0 Å². The van der Waals surface area contributed by atoms with E-state index in [0.29, 0.717) is 12.5 Å². The molecule has 1 atom stereocenters. The molecular formula is C18H28N4O2. The van der Waals surface area contributed by atoms with Crippen LogP contribution in [-0.2, 0) is 9.53 Å². The molecule has 3 heterocycles. The predicted molar refractivity (Wildman–Crippen MR) is 93.0 cm³/mol. The van der Waals surface area contributed by atoms with Gasteiger partial charge in [0.1, 0.15) is 0 Å². The molecule has 3 rings (SSSR count). The van der Waals surface area contributed by atoms with Crippen molar-refractivity contribution in [3.63, 3.8) is 0 Å². The van der Waals surface area contributed by atoms with Gasteiger partial charge in [0.15, 0.2) is 0 Å². The van der Waals surface area contributed by atoms with E-state index in [4.69, 9.17) is 4.74 Å². The van der Waals surface area contributed by atoms with Crippen molar-refractivity contribution in [1.82, 2.24) is 15.3 Å². The molecule has 0 radical (unpaired) electrons. The molecule has 6 nitrogen and oxygen atoms in total. The van der Waals surface area contributed by atoms with Crippen LogP contribution in [-0.4, -0.2) is 48.7 Å². The van der Waals surface area contributed by atoms with Crippen molar-refractivity contribution in [3.05, 3.63) is 17.5 Å². The number of ether oxygens (including phenoxy) is 1. The summed E-state index contributed by atoms with van der Waals surface area (Å²) in [7, 11) is 0. The van der Waals surface area contributed by atoms with E-state index in [1.807, 2.05) is 19.9 Å². The maximum absolute atomic E-state index is 12.5. The highest BCUT2D eigenvalue weighted by Gasteiger charge is 2.27. The third-order valence-corrected chi connectivity index (χ3v) is 4.95. The predicted octanol–water partition coefficient (Wildman–Crippen LogP) is 1.85. The zero-order valence-corrected chi connectivity index (χ0v) is 14.8. The van der Waals surface area contributed by atoms with Gasteiger partial charge < -0.3 is 15.0 Å². The van der Waals surface area contributed by atoms with Crippen LogP contribution in [0.25, 0.3) is 0 Å². The highest BCUT2D eigenvalue weighted by Crippen LogP contribution is 2.21. The molecule has 0 aromatic carbocycles. The SMILES string of the molecule is Cc1cc(C)nc(N2CCC[C@@H](C(=O)NCC3CCOCC3)C2)n1. The van der Waals surface area contributed by atoms with Crippen molar-refractivity contribution in [2.24, 2.45) is 11.8 Å². The minimum atomic E-state index is 0.0306. The van der Waals surface area contributed by atoms with E-state index in [-0.39, 0.29) is 11.8 Å². The van der Waals surface area contributed by atoms with Gasteiger partial charge in [0.2, 0.25) is 11.9 Å². The first-order valence-corrected chi connectivity index (χ1v) is 9.04. The minimum absolute atomic E-state index is 0.0306. The third-order valence-electron chi connectivity index (χ3n) is 4.95. The second kappa shape index (κ2) is 7.92. The Hall–Kier alpha value is -1.69. The lowest BCUT2D eigenvalue weighted by atomic mass is 9.96. The third kappa shape index (κ3) is 4.44. The monoisotopic (exact) mass is 332 g/mol. The molecular weight excluding hydrogens is 304 g/mol. The molecule has 2 aliphatic rings. The summed E-state index contributed by atoms with van der Waals surface area (Å²) >= 11 is 0. The standard InChI is InChI=1S/C18H28N4O2/c1-13-10-14(2)21-18(20-13)22-7-3-4-16(12-22)17(23)19-11-15-5-8-24-9-6-15/h10,15-16H,3-9,11-12H2,1-2H3,(H,19,23)/t16-/m1/s1. The molecule has 2 aliphatic heterocycles. The molecule has 1 aromatic rings. The Bertz CT molecular complexity index is 552. The number of hydrogen-bond donors (Lipinski definition) is 1. The number of rotatable bonds is 4. The number of carbonyl (C=O) groups excluding carboxylic acids is 1. The molecule has 1 N–H and O–H groups in total. The molecule has 0 unspecified atom stereocenters. The fraction of sp³-hybridized carbons (Fsp3) is 0.722. The Kier molecular flexibility index (Phi) is 5.66. The Morgan fingerprint density at radius 3 is 2.67 bits per heavy atom. The number of aryl methyl sites for hydroxylation is 2. The Morgan fingerprint density at radius 2 is 1.96 bits per heavy atom. The Labute approximate surface area is 144 Å². The first kappa shape index (κ1) is 17.1. The van der Waals surface area contributed by atoms with Crippen LogP contribution in [0.4, 0.5) is 5.95 Å². The Morgan fingerprint density at radius 1 is 1.25 bits per heavy atom. The average molecular weight is 332 g/mol. The van der Waals surface area contributed by atoms with Crippen LogP contribution in [0.1, 0.15) is 37.1 Å². The van der Waals surface area contributed by atoms with Gasteiger partial charge in [-0.2, -0.15) is 0 Å². The zero-order valence-electron chi connectivity index (χ0n) is 14.8. The molecule has 2 fully saturated rings. The van der Waals surface area contributed by atoms with Gasteiger partial charge in [0.05, 0.1) is 5.92 Å². The van der Waals surface area contributed by atoms with Gasteiger partial charge in [0.25, 0.3) is 0 Å². The summed E-state index contributed by atoms with van der Waals surface area (Å²) < 4.78 is 5.37. The molecule has 0 saturated carbocycles. The summed E-state index contributed by atoms with van der Waals surface area (Å²) in [6, 6.07) is 1.98. The van der Waals surface area contributed by atoms with E-state index in [0.717, 1.165) is 69.3 Å². The van der Waals surface area contributed by atoms with Crippen LogP contribution in [0.3, 0.4) is 0 Å². The number of piperidine rings is 1. The Balaban J connectivity index is 1.55. The number of nitrogens with zero attached hydrogens (tertiary/aromatic N) is 3. The summed E-state index contributed by atoms with van der Waals surface area (Å²) in [5.74, 6) is 1.53. The summed E-state index contributed by atoms with van der Waals surface area (Å²) in [5, 5.41) is 3.15. The normalized spacial score (nSPS) is 22.4. The quantitative estimate of drug-likeness (QED) is 0.911. The van der Waals surface area contributed by atoms with E-state index in [9.17, 15) is 4.79 Å². The van der Waals surface area contributed by atoms with Crippen molar-refractivity contribution in [3.8, 4) is 0 Å². The molecule has 1 aromatic heterocycles. The highest BCUT2D eigenvalue weighted by atomic mass is 16.5. The summed E-state index contributed by atoms with van der Waals surface area (Å²) in [6.07, 6.45) is 4.05. The number of hydrogen-bond acceptors (Lipinski definition) is 5. The minimum Gasteiger partial charge on any atom is -0.381 e. The van der Waals surface area contributed by atoms with Crippen LogP contribution in [0.5, 0.6) is 0 Å². The fourth-order valence-electron chi connectivity index (χ4n) is 3.56. The first-order chi connectivity index (χ1) is 11.6. The smallest absolute Gasteiger partial charge is 0.225 e. The topological polar surface area (TPSA) is 67.4 Å². The van der Waals surface area contributed by atoms with E-state index in [1.165, 1.54) is 0 Å². The van der Waals surface area contributed by atoms with Crippen LogP contribution in [0.15, 0.2) is 6.07 Å². The number of amides is 1. The molecule has 0 aliphatic carbocycles. The van der Waals surface area contributed by atoms with E-state index in [1.54, 1.807) is 0 Å². The summed E-state index contributed by atoms with van der Waals surface area (Å²) in [5.41, 5.74) is 1.95. The molecule has 0 spiro atoms. The van der Waals surface area contributed by atoms with Crippen LogP contribution in [0, 0.1) is 25.7 Å². The lowest BCUT2D eigenvalue weighted by molar-refractivity contribution is -0.125. The zero-order chi connectivity index (χ0) is 16.9.